The standard InChI is InChI=1S/C17H20BrFN4O.ClH/c1-20-10-12-6-8-22(9-7-12)17(24)16-15(18)11-23(21-16)14-4-2-13(19)3-5-14;/h2-5,11-12,20H,6-10H2,1H3;1H. The Morgan fingerprint density at radius 1 is 1.32 bits per heavy atom. The fourth-order valence-electron chi connectivity index (χ4n) is 3.00. The number of aromatic nitrogens is 2. The van der Waals surface area contributed by atoms with Crippen molar-refractivity contribution in [2.45, 2.75) is 12.8 Å². The molecule has 1 aromatic carbocycles. The van der Waals surface area contributed by atoms with E-state index in [2.05, 4.69) is 26.3 Å². The largest absolute Gasteiger partial charge is 0.337 e. The van der Waals surface area contributed by atoms with E-state index in [1.807, 2.05) is 11.9 Å². The van der Waals surface area contributed by atoms with Crippen LogP contribution in [0.1, 0.15) is 23.3 Å². The average molecular weight is 432 g/mol. The van der Waals surface area contributed by atoms with Gasteiger partial charge in [-0.25, -0.2) is 9.07 Å². The Morgan fingerprint density at radius 3 is 2.56 bits per heavy atom. The van der Waals surface area contributed by atoms with Crippen LogP contribution in [-0.4, -0.2) is 47.3 Å². The summed E-state index contributed by atoms with van der Waals surface area (Å²) in [6.45, 7) is 2.49. The SMILES string of the molecule is CNCC1CCN(C(=O)c2nn(-c3ccc(F)cc3)cc2Br)CC1.Cl. The number of benzene rings is 1. The number of rotatable bonds is 4. The van der Waals surface area contributed by atoms with Crippen LogP contribution in [0.4, 0.5) is 4.39 Å². The lowest BCUT2D eigenvalue weighted by atomic mass is 9.96. The van der Waals surface area contributed by atoms with Gasteiger partial charge in [-0.2, -0.15) is 5.10 Å². The molecule has 5 nitrogen and oxygen atoms in total. The number of likely N-dealkylation sites (tertiary alicyclic amines) is 1. The maximum absolute atomic E-state index is 13.0. The van der Waals surface area contributed by atoms with E-state index in [9.17, 15) is 9.18 Å². The molecule has 0 bridgehead atoms. The molecule has 1 aliphatic rings. The van der Waals surface area contributed by atoms with Crippen LogP contribution in [0.15, 0.2) is 34.9 Å². The van der Waals surface area contributed by atoms with Crippen molar-refractivity contribution in [3.8, 4) is 5.69 Å². The van der Waals surface area contributed by atoms with Crippen molar-refractivity contribution in [2.75, 3.05) is 26.7 Å². The molecule has 1 fully saturated rings. The fraction of sp³-hybridized carbons (Fsp3) is 0.412. The number of amides is 1. The van der Waals surface area contributed by atoms with Crippen LogP contribution in [0.5, 0.6) is 0 Å². The van der Waals surface area contributed by atoms with Gasteiger partial charge in [-0.05, 0) is 72.5 Å². The van der Waals surface area contributed by atoms with E-state index in [4.69, 9.17) is 0 Å². The molecule has 8 heteroatoms. The first-order chi connectivity index (χ1) is 11.6. The summed E-state index contributed by atoms with van der Waals surface area (Å²) < 4.78 is 15.3. The molecule has 0 atom stereocenters. The summed E-state index contributed by atoms with van der Waals surface area (Å²) in [7, 11) is 1.96. The van der Waals surface area contributed by atoms with Gasteiger partial charge in [0.25, 0.3) is 5.91 Å². The Kier molecular flexibility index (Phi) is 6.98. The Morgan fingerprint density at radius 2 is 1.96 bits per heavy atom. The molecular formula is C17H21BrClFN4O. The van der Waals surface area contributed by atoms with Crippen molar-refractivity contribution in [1.29, 1.82) is 0 Å². The maximum atomic E-state index is 13.0. The van der Waals surface area contributed by atoms with Gasteiger partial charge in [-0.3, -0.25) is 4.79 Å². The van der Waals surface area contributed by atoms with E-state index >= 15 is 0 Å². The molecule has 2 heterocycles. The maximum Gasteiger partial charge on any atom is 0.275 e. The summed E-state index contributed by atoms with van der Waals surface area (Å²) >= 11 is 3.42. The molecule has 1 amide bonds. The Hall–Kier alpha value is -1.44. The zero-order chi connectivity index (χ0) is 17.1. The molecule has 0 saturated carbocycles. The average Bonchev–Trinajstić information content (AvgIpc) is 2.98. The molecule has 0 spiro atoms. The summed E-state index contributed by atoms with van der Waals surface area (Å²) in [6.07, 6.45) is 3.74. The van der Waals surface area contributed by atoms with Crippen LogP contribution in [0.2, 0.25) is 0 Å². The first-order valence-corrected chi connectivity index (χ1v) is 8.82. The monoisotopic (exact) mass is 430 g/mol. The number of carbonyl (C=O) groups is 1. The van der Waals surface area contributed by atoms with Crippen molar-refractivity contribution in [3.63, 3.8) is 0 Å². The minimum absolute atomic E-state index is 0. The molecule has 25 heavy (non-hydrogen) atoms. The van der Waals surface area contributed by atoms with Crippen LogP contribution in [0, 0.1) is 11.7 Å². The fourth-order valence-corrected chi connectivity index (χ4v) is 3.45. The molecule has 1 aromatic heterocycles. The summed E-state index contributed by atoms with van der Waals surface area (Å²) in [5, 5.41) is 7.58. The number of carbonyl (C=O) groups excluding carboxylic acids is 1. The van der Waals surface area contributed by atoms with Crippen LogP contribution in [0.3, 0.4) is 0 Å². The van der Waals surface area contributed by atoms with E-state index in [1.54, 1.807) is 23.0 Å². The summed E-state index contributed by atoms with van der Waals surface area (Å²) in [5.74, 6) is 0.260. The second-order valence-electron chi connectivity index (χ2n) is 6.04. The van der Waals surface area contributed by atoms with Crippen LogP contribution < -0.4 is 5.32 Å². The highest BCUT2D eigenvalue weighted by Crippen LogP contribution is 2.23. The zero-order valence-corrected chi connectivity index (χ0v) is 16.3. The van der Waals surface area contributed by atoms with Gasteiger partial charge in [0.05, 0.1) is 10.2 Å². The topological polar surface area (TPSA) is 50.2 Å². The number of hydrogen-bond acceptors (Lipinski definition) is 3. The van der Waals surface area contributed by atoms with Crippen LogP contribution in [0.25, 0.3) is 5.69 Å². The summed E-state index contributed by atoms with van der Waals surface area (Å²) in [4.78, 5) is 14.6. The lowest BCUT2D eigenvalue weighted by Crippen LogP contribution is -2.40. The summed E-state index contributed by atoms with van der Waals surface area (Å²) in [6, 6.07) is 6.01. The van der Waals surface area contributed by atoms with Gasteiger partial charge in [-0.15, -0.1) is 12.4 Å². The van der Waals surface area contributed by atoms with E-state index in [0.717, 1.165) is 32.5 Å². The van der Waals surface area contributed by atoms with Gasteiger partial charge in [0.2, 0.25) is 0 Å². The lowest BCUT2D eigenvalue weighted by molar-refractivity contribution is 0.0683. The van der Waals surface area contributed by atoms with E-state index in [0.29, 0.717) is 21.8 Å². The minimum Gasteiger partial charge on any atom is -0.337 e. The van der Waals surface area contributed by atoms with Gasteiger partial charge in [0.15, 0.2) is 5.69 Å². The molecule has 2 aromatic rings. The second-order valence-corrected chi connectivity index (χ2v) is 6.89. The van der Waals surface area contributed by atoms with Crippen molar-refractivity contribution in [3.05, 3.63) is 46.4 Å². The molecule has 1 saturated heterocycles. The second kappa shape index (κ2) is 8.78. The Balaban J connectivity index is 0.00000225. The smallest absolute Gasteiger partial charge is 0.275 e. The number of piperidine rings is 1. The normalized spacial score (nSPS) is 15.1. The quantitative estimate of drug-likeness (QED) is 0.808. The highest BCUT2D eigenvalue weighted by atomic mass is 79.9. The van der Waals surface area contributed by atoms with E-state index in [-0.39, 0.29) is 24.1 Å². The third kappa shape index (κ3) is 4.59. The minimum atomic E-state index is -0.300. The number of halogens is 3. The number of nitrogens with one attached hydrogen (secondary N) is 1. The molecule has 0 unspecified atom stereocenters. The van der Waals surface area contributed by atoms with Gasteiger partial charge < -0.3 is 10.2 Å². The molecule has 136 valence electrons. The van der Waals surface area contributed by atoms with Crippen molar-refractivity contribution in [1.82, 2.24) is 20.0 Å². The van der Waals surface area contributed by atoms with Crippen molar-refractivity contribution >= 4 is 34.2 Å². The Bertz CT molecular complexity index is 714. The first kappa shape index (κ1) is 19.9. The molecule has 1 N–H and O–H groups in total. The van der Waals surface area contributed by atoms with Gasteiger partial charge in [-0.1, -0.05) is 0 Å². The highest BCUT2D eigenvalue weighted by molar-refractivity contribution is 9.10. The predicted molar refractivity (Wildman–Crippen MR) is 101 cm³/mol. The number of nitrogens with zero attached hydrogens (tertiary/aromatic N) is 3. The first-order valence-electron chi connectivity index (χ1n) is 8.03. The molecule has 0 aliphatic carbocycles. The predicted octanol–water partition coefficient (Wildman–Crippen LogP) is 3.27. The third-order valence-corrected chi connectivity index (χ3v) is 4.94. The molecule has 1 aliphatic heterocycles. The zero-order valence-electron chi connectivity index (χ0n) is 13.9. The lowest BCUT2D eigenvalue weighted by Gasteiger charge is -2.31. The van der Waals surface area contributed by atoms with Gasteiger partial charge in [0.1, 0.15) is 5.82 Å². The Labute approximate surface area is 161 Å². The van der Waals surface area contributed by atoms with Crippen LogP contribution in [-0.2, 0) is 0 Å². The summed E-state index contributed by atoms with van der Waals surface area (Å²) in [5.41, 5.74) is 1.11. The molecular weight excluding hydrogens is 411 g/mol. The number of hydrogen-bond donors (Lipinski definition) is 1. The molecule has 3 rings (SSSR count). The molecule has 0 radical (unpaired) electrons. The van der Waals surface area contributed by atoms with Crippen LogP contribution >= 0.6 is 28.3 Å². The third-order valence-electron chi connectivity index (χ3n) is 4.36. The van der Waals surface area contributed by atoms with Gasteiger partial charge >= 0.3 is 0 Å². The van der Waals surface area contributed by atoms with Gasteiger partial charge in [0, 0.05) is 19.3 Å². The van der Waals surface area contributed by atoms with E-state index < -0.39 is 0 Å². The highest BCUT2D eigenvalue weighted by Gasteiger charge is 2.26. The van der Waals surface area contributed by atoms with Crippen molar-refractivity contribution < 1.29 is 9.18 Å². The van der Waals surface area contributed by atoms with Crippen molar-refractivity contribution in [2.24, 2.45) is 5.92 Å². The van der Waals surface area contributed by atoms with E-state index in [1.165, 1.54) is 12.1 Å².